The summed E-state index contributed by atoms with van der Waals surface area (Å²) < 4.78 is 5.56. The minimum Gasteiger partial charge on any atom is -0.486 e. The lowest BCUT2D eigenvalue weighted by molar-refractivity contribution is 0.301. The summed E-state index contributed by atoms with van der Waals surface area (Å²) in [5.74, 6) is 5.84. The van der Waals surface area contributed by atoms with Crippen LogP contribution in [0.25, 0.3) is 0 Å². The van der Waals surface area contributed by atoms with Gasteiger partial charge in [-0.25, -0.2) is 0 Å². The number of nitrogen functional groups attached to an aromatic ring is 1. The van der Waals surface area contributed by atoms with Crippen LogP contribution < -0.4 is 16.0 Å². The maximum absolute atomic E-state index is 6.01. The Labute approximate surface area is 115 Å². The van der Waals surface area contributed by atoms with Gasteiger partial charge in [0.1, 0.15) is 17.4 Å². The number of hydrogen-bond acceptors (Lipinski definition) is 4. The van der Waals surface area contributed by atoms with Crippen LogP contribution in [-0.4, -0.2) is 4.98 Å². The molecule has 0 fully saturated rings. The molecule has 0 bridgehead atoms. The highest BCUT2D eigenvalue weighted by Crippen LogP contribution is 2.31. The van der Waals surface area contributed by atoms with Crippen molar-refractivity contribution in [3.63, 3.8) is 0 Å². The van der Waals surface area contributed by atoms with Crippen LogP contribution in [0, 0.1) is 0 Å². The fourth-order valence-electron chi connectivity index (χ4n) is 1.39. The molecule has 0 radical (unpaired) electrons. The molecule has 94 valence electrons. The summed E-state index contributed by atoms with van der Waals surface area (Å²) in [5, 5.41) is 0.853. The van der Waals surface area contributed by atoms with Crippen molar-refractivity contribution in [2.24, 2.45) is 5.84 Å². The van der Waals surface area contributed by atoms with Crippen molar-refractivity contribution in [1.82, 2.24) is 4.98 Å². The Morgan fingerprint density at radius 3 is 2.89 bits per heavy atom. The lowest BCUT2D eigenvalue weighted by Gasteiger charge is -2.09. The van der Waals surface area contributed by atoms with Crippen LogP contribution in [0.2, 0.25) is 10.0 Å². The minimum absolute atomic E-state index is 0.287. The van der Waals surface area contributed by atoms with Crippen molar-refractivity contribution in [2.75, 3.05) is 5.43 Å². The molecule has 3 N–H and O–H groups in total. The first kappa shape index (κ1) is 13.0. The molecule has 2 aromatic rings. The Bertz CT molecular complexity index is 549. The van der Waals surface area contributed by atoms with E-state index in [0.717, 1.165) is 11.4 Å². The van der Waals surface area contributed by atoms with E-state index >= 15 is 0 Å². The zero-order valence-corrected chi connectivity index (χ0v) is 10.9. The molecule has 6 heteroatoms. The first-order chi connectivity index (χ1) is 8.70. The summed E-state index contributed by atoms with van der Waals surface area (Å²) >= 11 is 11.9. The lowest BCUT2D eigenvalue weighted by atomic mass is 10.3. The van der Waals surface area contributed by atoms with Gasteiger partial charge in [-0.2, -0.15) is 0 Å². The van der Waals surface area contributed by atoms with Gasteiger partial charge in [-0.1, -0.05) is 29.3 Å². The van der Waals surface area contributed by atoms with Gasteiger partial charge < -0.3 is 10.2 Å². The Balaban J connectivity index is 2.09. The second-order valence-corrected chi connectivity index (χ2v) is 4.31. The quantitative estimate of drug-likeness (QED) is 0.668. The highest BCUT2D eigenvalue weighted by Gasteiger charge is 2.06. The molecule has 0 amide bonds. The van der Waals surface area contributed by atoms with Crippen molar-refractivity contribution >= 4 is 28.9 Å². The zero-order valence-electron chi connectivity index (χ0n) is 9.36. The number of hydrazine groups is 1. The van der Waals surface area contributed by atoms with Crippen molar-refractivity contribution in [1.29, 1.82) is 0 Å². The number of aromatic nitrogens is 1. The van der Waals surface area contributed by atoms with Crippen molar-refractivity contribution < 1.29 is 4.74 Å². The Kier molecular flexibility index (Phi) is 4.25. The molecule has 0 aliphatic heterocycles. The molecule has 1 aromatic carbocycles. The van der Waals surface area contributed by atoms with Gasteiger partial charge >= 0.3 is 0 Å². The van der Waals surface area contributed by atoms with Crippen molar-refractivity contribution in [2.45, 2.75) is 6.61 Å². The summed E-state index contributed by atoms with van der Waals surface area (Å²) in [7, 11) is 0. The van der Waals surface area contributed by atoms with Gasteiger partial charge in [0.25, 0.3) is 0 Å². The van der Waals surface area contributed by atoms with Gasteiger partial charge in [0.15, 0.2) is 0 Å². The van der Waals surface area contributed by atoms with Crippen LogP contribution in [0.1, 0.15) is 5.69 Å². The van der Waals surface area contributed by atoms with Gasteiger partial charge in [0, 0.05) is 6.20 Å². The zero-order chi connectivity index (χ0) is 13.0. The molecule has 1 aromatic heterocycles. The number of nitrogens with zero attached hydrogens (tertiary/aromatic N) is 1. The van der Waals surface area contributed by atoms with E-state index < -0.39 is 0 Å². The molecule has 0 saturated heterocycles. The number of anilines is 1. The third-order valence-corrected chi connectivity index (χ3v) is 3.08. The van der Waals surface area contributed by atoms with E-state index in [1.165, 1.54) is 0 Å². The highest BCUT2D eigenvalue weighted by molar-refractivity contribution is 6.42. The molecule has 0 saturated carbocycles. The monoisotopic (exact) mass is 283 g/mol. The van der Waals surface area contributed by atoms with E-state index in [1.807, 2.05) is 0 Å². The maximum Gasteiger partial charge on any atom is 0.140 e. The molecule has 1 heterocycles. The summed E-state index contributed by atoms with van der Waals surface area (Å²) in [6, 6.07) is 8.77. The smallest absolute Gasteiger partial charge is 0.140 e. The van der Waals surface area contributed by atoms with Crippen molar-refractivity contribution in [3.8, 4) is 5.75 Å². The van der Waals surface area contributed by atoms with E-state index in [4.69, 9.17) is 33.8 Å². The van der Waals surface area contributed by atoms with Crippen LogP contribution in [0.5, 0.6) is 5.75 Å². The molecule has 0 atom stereocenters. The second kappa shape index (κ2) is 5.91. The average molecular weight is 284 g/mol. The summed E-state index contributed by atoms with van der Waals surface area (Å²) in [6.07, 6.45) is 1.65. The second-order valence-electron chi connectivity index (χ2n) is 3.52. The van der Waals surface area contributed by atoms with Gasteiger partial charge in [-0.05, 0) is 24.3 Å². The van der Waals surface area contributed by atoms with Gasteiger partial charge in [0.2, 0.25) is 0 Å². The number of halogens is 2. The highest BCUT2D eigenvalue weighted by atomic mass is 35.5. The third-order valence-electron chi connectivity index (χ3n) is 2.27. The minimum atomic E-state index is 0.287. The third kappa shape index (κ3) is 3.04. The number of ether oxygens (including phenoxy) is 1. The largest absolute Gasteiger partial charge is 0.486 e. The molecule has 18 heavy (non-hydrogen) atoms. The predicted octanol–water partition coefficient (Wildman–Crippen LogP) is 3.25. The van der Waals surface area contributed by atoms with E-state index in [9.17, 15) is 0 Å². The van der Waals surface area contributed by atoms with Crippen LogP contribution in [0.4, 0.5) is 5.69 Å². The van der Waals surface area contributed by atoms with Gasteiger partial charge in [0.05, 0.1) is 16.4 Å². The van der Waals surface area contributed by atoms with Crippen LogP contribution in [-0.2, 0) is 6.61 Å². The maximum atomic E-state index is 6.01. The Morgan fingerprint density at radius 2 is 2.11 bits per heavy atom. The SMILES string of the molecule is NNc1ccnc(COc2cccc(Cl)c2Cl)c1. The standard InChI is InChI=1S/C12H11Cl2N3O/c13-10-2-1-3-11(12(10)14)18-7-9-6-8(17-15)4-5-16-9/h1-6H,7,15H2,(H,16,17). The van der Waals surface area contributed by atoms with Crippen LogP contribution in [0.3, 0.4) is 0 Å². The molecule has 0 unspecified atom stereocenters. The molecule has 0 aliphatic rings. The number of benzene rings is 1. The normalized spacial score (nSPS) is 10.2. The van der Waals surface area contributed by atoms with Crippen LogP contribution in [0.15, 0.2) is 36.5 Å². The fourth-order valence-corrected chi connectivity index (χ4v) is 1.74. The molecule has 4 nitrogen and oxygen atoms in total. The van der Waals surface area contributed by atoms with Gasteiger partial charge in [-0.3, -0.25) is 10.8 Å². The lowest BCUT2D eigenvalue weighted by Crippen LogP contribution is -2.08. The number of hydrogen-bond donors (Lipinski definition) is 2. The first-order valence-electron chi connectivity index (χ1n) is 5.19. The molecular formula is C12H11Cl2N3O. The Hall–Kier alpha value is -1.49. The van der Waals surface area contributed by atoms with E-state index in [0.29, 0.717) is 15.8 Å². The van der Waals surface area contributed by atoms with Crippen molar-refractivity contribution in [3.05, 3.63) is 52.3 Å². The summed E-state index contributed by atoms with van der Waals surface area (Å²) in [6.45, 7) is 0.287. The van der Waals surface area contributed by atoms with E-state index in [1.54, 1.807) is 36.5 Å². The molecule has 0 aliphatic carbocycles. The average Bonchev–Trinajstić information content (AvgIpc) is 2.41. The number of rotatable bonds is 4. The molecule has 0 spiro atoms. The topological polar surface area (TPSA) is 60.2 Å². The Morgan fingerprint density at radius 1 is 1.28 bits per heavy atom. The van der Waals surface area contributed by atoms with Crippen LogP contribution >= 0.6 is 23.2 Å². The molecule has 2 rings (SSSR count). The first-order valence-corrected chi connectivity index (χ1v) is 5.94. The number of nitrogens with one attached hydrogen (secondary N) is 1. The summed E-state index contributed by atoms with van der Waals surface area (Å²) in [5.41, 5.74) is 4.05. The number of nitrogens with two attached hydrogens (primary N) is 1. The molecular weight excluding hydrogens is 273 g/mol. The van der Waals surface area contributed by atoms with E-state index in [2.05, 4.69) is 10.4 Å². The predicted molar refractivity (Wildman–Crippen MR) is 72.8 cm³/mol. The van der Waals surface area contributed by atoms with E-state index in [-0.39, 0.29) is 6.61 Å². The summed E-state index contributed by atoms with van der Waals surface area (Å²) in [4.78, 5) is 4.16. The van der Waals surface area contributed by atoms with Gasteiger partial charge in [-0.15, -0.1) is 0 Å². The number of pyridine rings is 1. The fraction of sp³-hybridized carbons (Fsp3) is 0.0833.